The average molecular weight is 476 g/mol. The molecule has 0 aromatic heterocycles. The predicted molar refractivity (Wildman–Crippen MR) is 114 cm³/mol. The van der Waals surface area contributed by atoms with Gasteiger partial charge in [-0.3, -0.25) is 14.4 Å². The van der Waals surface area contributed by atoms with E-state index in [0.29, 0.717) is 18.4 Å². The first-order chi connectivity index (χ1) is 16.3. The van der Waals surface area contributed by atoms with E-state index < -0.39 is 41.9 Å². The van der Waals surface area contributed by atoms with Gasteiger partial charge in [-0.1, -0.05) is 12.1 Å². The van der Waals surface area contributed by atoms with E-state index in [2.05, 4.69) is 15.4 Å². The van der Waals surface area contributed by atoms with Crippen molar-refractivity contribution < 1.29 is 37.0 Å². The second kappa shape index (κ2) is 9.84. The molecule has 4 rings (SSSR count). The Labute approximate surface area is 193 Å². The molecule has 0 bridgehead atoms. The molecule has 0 radical (unpaired) electrons. The average Bonchev–Trinajstić information content (AvgIpc) is 3.34. The largest absolute Gasteiger partial charge is 0.435 e. The molecule has 1 saturated heterocycles. The molecule has 180 valence electrons. The van der Waals surface area contributed by atoms with Crippen molar-refractivity contribution in [2.45, 2.75) is 50.0 Å². The maximum Gasteiger partial charge on any atom is 0.387 e. The van der Waals surface area contributed by atoms with Gasteiger partial charge in [-0.2, -0.15) is 8.78 Å². The van der Waals surface area contributed by atoms with E-state index >= 15 is 0 Å². The van der Waals surface area contributed by atoms with Gasteiger partial charge in [0, 0.05) is 12.0 Å². The number of carbonyl (C=O) groups excluding carboxylic acids is 3. The molecule has 2 fully saturated rings. The Morgan fingerprint density at radius 2 is 1.82 bits per heavy atom. The van der Waals surface area contributed by atoms with E-state index in [1.165, 1.54) is 48.5 Å². The lowest BCUT2D eigenvalue weighted by Gasteiger charge is -2.30. The fraction of sp³-hybridized carbons (Fsp3) is 0.375. The van der Waals surface area contributed by atoms with Crippen LogP contribution in [0.2, 0.25) is 0 Å². The summed E-state index contributed by atoms with van der Waals surface area (Å²) in [6.45, 7) is -3.07. The summed E-state index contributed by atoms with van der Waals surface area (Å²) in [5, 5.41) is 5.45. The molecular formula is C24H23F3N2O5. The first kappa shape index (κ1) is 23.7. The first-order valence-electron chi connectivity index (χ1n) is 10.8. The van der Waals surface area contributed by atoms with Gasteiger partial charge in [0.2, 0.25) is 5.91 Å². The van der Waals surface area contributed by atoms with Crippen LogP contribution in [0.1, 0.15) is 35.2 Å². The zero-order valence-electron chi connectivity index (χ0n) is 18.1. The third-order valence-corrected chi connectivity index (χ3v) is 6.16. The second-order valence-electron chi connectivity index (χ2n) is 8.34. The number of rotatable bonds is 8. The second-order valence-corrected chi connectivity index (χ2v) is 8.34. The Morgan fingerprint density at radius 1 is 1.12 bits per heavy atom. The highest BCUT2D eigenvalue weighted by atomic mass is 19.3. The van der Waals surface area contributed by atoms with Crippen LogP contribution in [0.4, 0.5) is 13.2 Å². The van der Waals surface area contributed by atoms with Gasteiger partial charge in [0.05, 0.1) is 6.10 Å². The first-order valence-corrected chi connectivity index (χ1v) is 10.8. The van der Waals surface area contributed by atoms with Gasteiger partial charge in [0.1, 0.15) is 29.8 Å². The van der Waals surface area contributed by atoms with Crippen LogP contribution in [-0.4, -0.2) is 48.5 Å². The third-order valence-electron chi connectivity index (χ3n) is 6.16. The number of halogens is 3. The van der Waals surface area contributed by atoms with E-state index in [9.17, 15) is 27.6 Å². The topological polar surface area (TPSA) is 93.7 Å². The van der Waals surface area contributed by atoms with Crippen LogP contribution < -0.4 is 15.4 Å². The monoisotopic (exact) mass is 476 g/mol. The quantitative estimate of drug-likeness (QED) is 0.611. The summed E-state index contributed by atoms with van der Waals surface area (Å²) in [6.07, 6.45) is 1.45. The fourth-order valence-electron chi connectivity index (χ4n) is 4.44. The van der Waals surface area contributed by atoms with Crippen LogP contribution in [0, 0.1) is 5.82 Å². The third kappa shape index (κ3) is 5.06. The Bertz CT molecular complexity index is 1060. The van der Waals surface area contributed by atoms with Crippen molar-refractivity contribution in [3.63, 3.8) is 0 Å². The molecule has 1 aliphatic carbocycles. The lowest BCUT2D eigenvalue weighted by atomic mass is 9.91. The number of carbonyl (C=O) groups is 3. The minimum absolute atomic E-state index is 0.0419. The molecule has 0 spiro atoms. The SMILES string of the molecule is O=C(NC(Cc1ccc(F)cc1)C(=O)NC12CCCC1OCC2=O)c1ccc(OC(F)F)cc1. The molecule has 3 atom stereocenters. The highest BCUT2D eigenvalue weighted by molar-refractivity contribution is 6.00. The van der Waals surface area contributed by atoms with Crippen molar-refractivity contribution in [1.82, 2.24) is 10.6 Å². The van der Waals surface area contributed by atoms with Crippen LogP contribution in [0.15, 0.2) is 48.5 Å². The zero-order chi connectivity index (χ0) is 24.3. The number of nitrogens with one attached hydrogen (secondary N) is 2. The Balaban J connectivity index is 1.52. The predicted octanol–water partition coefficient (Wildman–Crippen LogP) is 2.78. The zero-order valence-corrected chi connectivity index (χ0v) is 18.1. The molecule has 7 nitrogen and oxygen atoms in total. The summed E-state index contributed by atoms with van der Waals surface area (Å²) in [7, 11) is 0. The lowest BCUT2D eigenvalue weighted by Crippen LogP contribution is -2.60. The number of alkyl halides is 2. The van der Waals surface area contributed by atoms with Gasteiger partial charge in [-0.05, 0) is 61.2 Å². The maximum atomic E-state index is 13.3. The summed E-state index contributed by atoms with van der Waals surface area (Å²) in [6, 6.07) is 9.41. The van der Waals surface area contributed by atoms with Gasteiger partial charge < -0.3 is 20.1 Å². The van der Waals surface area contributed by atoms with Crippen molar-refractivity contribution in [1.29, 1.82) is 0 Å². The van der Waals surface area contributed by atoms with Crippen LogP contribution in [0.5, 0.6) is 5.75 Å². The lowest BCUT2D eigenvalue weighted by molar-refractivity contribution is -0.131. The summed E-state index contributed by atoms with van der Waals surface area (Å²) < 4.78 is 47.9. The molecule has 2 aromatic carbocycles. The van der Waals surface area contributed by atoms with Crippen molar-refractivity contribution in [3.8, 4) is 5.75 Å². The van der Waals surface area contributed by atoms with Gasteiger partial charge in [-0.25, -0.2) is 4.39 Å². The maximum absolute atomic E-state index is 13.3. The molecule has 1 heterocycles. The standard InChI is InChI=1S/C24H23F3N2O5/c25-16-7-3-14(4-8-16)12-18(22(32)29-24-11-1-2-20(24)33-13-19(24)30)28-21(31)15-5-9-17(10-6-15)34-23(26)27/h3-10,18,20,23H,1-2,11-13H2,(H,28,31)(H,29,32). The molecule has 2 N–H and O–H groups in total. The molecule has 1 saturated carbocycles. The Hall–Kier alpha value is -3.40. The smallest absolute Gasteiger partial charge is 0.387 e. The molecule has 3 unspecified atom stereocenters. The van der Waals surface area contributed by atoms with E-state index in [-0.39, 0.29) is 30.1 Å². The van der Waals surface area contributed by atoms with Gasteiger partial charge in [-0.15, -0.1) is 0 Å². The summed E-state index contributed by atoms with van der Waals surface area (Å²) in [4.78, 5) is 38.7. The summed E-state index contributed by atoms with van der Waals surface area (Å²) in [5.41, 5.74) is -0.399. The molecule has 10 heteroatoms. The normalized spacial score (nSPS) is 22.4. The van der Waals surface area contributed by atoms with E-state index in [1.807, 2.05) is 0 Å². The number of hydrogen-bond donors (Lipinski definition) is 2. The van der Waals surface area contributed by atoms with E-state index in [0.717, 1.165) is 6.42 Å². The van der Waals surface area contributed by atoms with E-state index in [4.69, 9.17) is 4.74 Å². The van der Waals surface area contributed by atoms with Crippen LogP contribution in [0.25, 0.3) is 0 Å². The van der Waals surface area contributed by atoms with Gasteiger partial charge in [0.25, 0.3) is 5.91 Å². The molecule has 2 amide bonds. The van der Waals surface area contributed by atoms with Crippen LogP contribution >= 0.6 is 0 Å². The number of ether oxygens (including phenoxy) is 2. The Kier molecular flexibility index (Phi) is 6.87. The van der Waals surface area contributed by atoms with Crippen molar-refractivity contribution in [2.75, 3.05) is 6.61 Å². The number of hydrogen-bond acceptors (Lipinski definition) is 5. The van der Waals surface area contributed by atoms with Gasteiger partial charge >= 0.3 is 6.61 Å². The van der Waals surface area contributed by atoms with Gasteiger partial charge in [0.15, 0.2) is 5.78 Å². The van der Waals surface area contributed by atoms with Crippen molar-refractivity contribution in [2.24, 2.45) is 0 Å². The highest BCUT2D eigenvalue weighted by Gasteiger charge is 2.55. The fourth-order valence-corrected chi connectivity index (χ4v) is 4.44. The van der Waals surface area contributed by atoms with Crippen LogP contribution in [0.3, 0.4) is 0 Å². The van der Waals surface area contributed by atoms with Crippen molar-refractivity contribution >= 4 is 17.6 Å². The van der Waals surface area contributed by atoms with Crippen LogP contribution in [-0.2, 0) is 20.7 Å². The molecule has 1 aliphatic heterocycles. The molecule has 2 aromatic rings. The minimum Gasteiger partial charge on any atom is -0.435 e. The highest BCUT2D eigenvalue weighted by Crippen LogP contribution is 2.37. The number of amides is 2. The number of benzene rings is 2. The summed E-state index contributed by atoms with van der Waals surface area (Å²) >= 11 is 0. The van der Waals surface area contributed by atoms with E-state index in [1.54, 1.807) is 0 Å². The number of fused-ring (bicyclic) bond motifs is 1. The minimum atomic E-state index is -3.00. The van der Waals surface area contributed by atoms with Crippen molar-refractivity contribution in [3.05, 3.63) is 65.5 Å². The number of Topliss-reactive ketones (excluding diaryl/α,β-unsaturated/α-hetero) is 1. The molecule has 2 aliphatic rings. The number of ketones is 1. The molecule has 34 heavy (non-hydrogen) atoms. The Morgan fingerprint density at radius 3 is 2.50 bits per heavy atom. The molecular weight excluding hydrogens is 453 g/mol. The summed E-state index contributed by atoms with van der Waals surface area (Å²) in [5.74, 6) is -1.95.